The largest absolute Gasteiger partial charge is 0.490 e. The zero-order valence-corrected chi connectivity index (χ0v) is 18.0. The number of amides is 2. The maximum absolute atomic E-state index is 12.6. The van der Waals surface area contributed by atoms with Crippen molar-refractivity contribution < 1.29 is 28.6 Å². The van der Waals surface area contributed by atoms with Gasteiger partial charge in [0.05, 0.1) is 24.2 Å². The van der Waals surface area contributed by atoms with Gasteiger partial charge in [0, 0.05) is 0 Å². The maximum atomic E-state index is 12.6. The van der Waals surface area contributed by atoms with Crippen molar-refractivity contribution in [1.82, 2.24) is 4.90 Å². The molecule has 7 nitrogen and oxygen atoms in total. The summed E-state index contributed by atoms with van der Waals surface area (Å²) in [7, 11) is 0. The summed E-state index contributed by atoms with van der Waals surface area (Å²) in [5.74, 6) is 0.0827. The molecule has 0 aliphatic carbocycles. The number of rotatable bonds is 10. The van der Waals surface area contributed by atoms with Crippen molar-refractivity contribution in [1.29, 1.82) is 0 Å². The predicted molar refractivity (Wildman–Crippen MR) is 112 cm³/mol. The fourth-order valence-electron chi connectivity index (χ4n) is 2.53. The van der Waals surface area contributed by atoms with E-state index in [-0.39, 0.29) is 24.2 Å². The van der Waals surface area contributed by atoms with Crippen LogP contribution < -0.4 is 9.47 Å². The summed E-state index contributed by atoms with van der Waals surface area (Å²) in [6.07, 6.45) is 3.23. The van der Waals surface area contributed by atoms with Crippen LogP contribution in [0.4, 0.5) is 4.79 Å². The highest BCUT2D eigenvalue weighted by Crippen LogP contribution is 2.35. The molecular weight excluding hydrogens is 394 g/mol. The molecule has 1 aliphatic rings. The number of imide groups is 1. The lowest BCUT2D eigenvalue weighted by Crippen LogP contribution is -2.34. The third-order valence-electron chi connectivity index (χ3n) is 3.85. The Balaban J connectivity index is 2.13. The molecule has 0 saturated carbocycles. The van der Waals surface area contributed by atoms with E-state index in [2.05, 4.69) is 0 Å². The average molecular weight is 422 g/mol. The van der Waals surface area contributed by atoms with Crippen molar-refractivity contribution in [2.24, 2.45) is 0 Å². The highest BCUT2D eigenvalue weighted by atomic mass is 32.2. The van der Waals surface area contributed by atoms with Crippen LogP contribution in [0.1, 0.15) is 46.1 Å². The molecule has 0 radical (unpaired) electrons. The summed E-state index contributed by atoms with van der Waals surface area (Å²) in [4.78, 5) is 37.7. The van der Waals surface area contributed by atoms with Crippen LogP contribution in [0.5, 0.6) is 11.5 Å². The zero-order chi connectivity index (χ0) is 21.4. The molecule has 1 heterocycles. The number of esters is 1. The minimum atomic E-state index is -0.587. The van der Waals surface area contributed by atoms with Crippen molar-refractivity contribution in [2.75, 3.05) is 19.8 Å². The van der Waals surface area contributed by atoms with Gasteiger partial charge in [0.25, 0.3) is 11.1 Å². The molecule has 0 N–H and O–H groups in total. The van der Waals surface area contributed by atoms with Gasteiger partial charge in [0.15, 0.2) is 11.5 Å². The Morgan fingerprint density at radius 1 is 1.21 bits per heavy atom. The van der Waals surface area contributed by atoms with E-state index in [1.54, 1.807) is 24.3 Å². The van der Waals surface area contributed by atoms with Crippen molar-refractivity contribution in [3.05, 3.63) is 28.7 Å². The smallest absolute Gasteiger partial charge is 0.326 e. The lowest BCUT2D eigenvalue weighted by Gasteiger charge is -2.15. The second kappa shape index (κ2) is 10.9. The first-order valence-electron chi connectivity index (χ1n) is 9.70. The van der Waals surface area contributed by atoms with Gasteiger partial charge in [-0.3, -0.25) is 19.3 Å². The Kier molecular flexibility index (Phi) is 8.57. The molecule has 158 valence electrons. The first-order chi connectivity index (χ1) is 13.8. The topological polar surface area (TPSA) is 82.1 Å². The molecule has 1 saturated heterocycles. The molecule has 1 aliphatic heterocycles. The molecule has 0 spiro atoms. The summed E-state index contributed by atoms with van der Waals surface area (Å²) in [6.45, 7) is 8.07. The fourth-order valence-corrected chi connectivity index (χ4v) is 3.37. The van der Waals surface area contributed by atoms with Crippen LogP contribution in [-0.4, -0.2) is 47.9 Å². The lowest BCUT2D eigenvalue weighted by molar-refractivity contribution is -0.146. The number of unbranched alkanes of at least 4 members (excludes halogenated alkanes) is 1. The molecule has 1 aromatic carbocycles. The van der Waals surface area contributed by atoms with E-state index in [0.29, 0.717) is 23.7 Å². The van der Waals surface area contributed by atoms with Crippen LogP contribution in [0.2, 0.25) is 0 Å². The van der Waals surface area contributed by atoms with Gasteiger partial charge in [-0.2, -0.15) is 0 Å². The Labute approximate surface area is 175 Å². The number of thioether (sulfide) groups is 1. The van der Waals surface area contributed by atoms with Crippen LogP contribution in [0.15, 0.2) is 23.1 Å². The second-order valence-corrected chi connectivity index (χ2v) is 7.64. The Morgan fingerprint density at radius 3 is 2.62 bits per heavy atom. The summed E-state index contributed by atoms with van der Waals surface area (Å²) in [5.41, 5.74) is 0.695. The van der Waals surface area contributed by atoms with E-state index in [9.17, 15) is 14.4 Å². The second-order valence-electron chi connectivity index (χ2n) is 6.65. The summed E-state index contributed by atoms with van der Waals surface area (Å²) in [6, 6.07) is 5.31. The van der Waals surface area contributed by atoms with Gasteiger partial charge in [-0.25, -0.2) is 0 Å². The molecule has 0 bridgehead atoms. The third-order valence-corrected chi connectivity index (χ3v) is 4.76. The first-order valence-corrected chi connectivity index (χ1v) is 10.5. The fraction of sp³-hybridized carbons (Fsp3) is 0.476. The molecule has 2 rings (SSSR count). The third kappa shape index (κ3) is 6.52. The maximum Gasteiger partial charge on any atom is 0.326 e. The average Bonchev–Trinajstić information content (AvgIpc) is 2.91. The number of carbonyl (C=O) groups is 3. The SMILES string of the molecule is CCCCOC(=O)CN1C(=O)S/C(=C/c2ccc(OC(C)C)c(OCC)c2)C1=O. The van der Waals surface area contributed by atoms with Crippen molar-refractivity contribution in [3.8, 4) is 11.5 Å². The molecule has 1 aromatic rings. The molecule has 0 aromatic heterocycles. The number of hydrogen-bond acceptors (Lipinski definition) is 7. The van der Waals surface area contributed by atoms with E-state index in [1.807, 2.05) is 27.7 Å². The standard InChI is InChI=1S/C21H27NO6S/c1-5-7-10-27-19(23)13-22-20(24)18(29-21(22)25)12-15-8-9-16(28-14(3)4)17(11-15)26-6-2/h8-9,11-12,14H,5-7,10,13H2,1-4H3/b18-12+. The van der Waals surface area contributed by atoms with Crippen molar-refractivity contribution in [2.45, 2.75) is 46.6 Å². The monoisotopic (exact) mass is 421 g/mol. The van der Waals surface area contributed by atoms with Crippen molar-refractivity contribution >= 4 is 35.0 Å². The van der Waals surface area contributed by atoms with Crippen molar-refractivity contribution in [3.63, 3.8) is 0 Å². The molecule has 2 amide bonds. The van der Waals surface area contributed by atoms with Crippen LogP contribution >= 0.6 is 11.8 Å². The van der Waals surface area contributed by atoms with Gasteiger partial charge in [-0.1, -0.05) is 19.4 Å². The van der Waals surface area contributed by atoms with Gasteiger partial charge >= 0.3 is 5.97 Å². The van der Waals surface area contributed by atoms with Crippen LogP contribution in [0.3, 0.4) is 0 Å². The summed E-state index contributed by atoms with van der Waals surface area (Å²) in [5, 5.41) is -0.488. The molecule has 0 unspecified atom stereocenters. The molecule has 29 heavy (non-hydrogen) atoms. The number of hydrogen-bond donors (Lipinski definition) is 0. The number of ether oxygens (including phenoxy) is 3. The highest BCUT2D eigenvalue weighted by Gasteiger charge is 2.36. The van der Waals surface area contributed by atoms with Crippen LogP contribution in [0.25, 0.3) is 6.08 Å². The van der Waals surface area contributed by atoms with Gasteiger partial charge in [-0.05, 0) is 62.7 Å². The Bertz CT molecular complexity index is 789. The number of nitrogens with zero attached hydrogens (tertiary/aromatic N) is 1. The van der Waals surface area contributed by atoms with Gasteiger partial charge in [0.2, 0.25) is 0 Å². The Hall–Kier alpha value is -2.48. The quantitative estimate of drug-likeness (QED) is 0.317. The number of carbonyl (C=O) groups excluding carboxylic acids is 3. The van der Waals surface area contributed by atoms with E-state index in [4.69, 9.17) is 14.2 Å². The highest BCUT2D eigenvalue weighted by molar-refractivity contribution is 8.18. The summed E-state index contributed by atoms with van der Waals surface area (Å²) < 4.78 is 16.4. The lowest BCUT2D eigenvalue weighted by atomic mass is 10.2. The predicted octanol–water partition coefficient (Wildman–Crippen LogP) is 4.25. The molecule has 1 fully saturated rings. The molecule has 0 atom stereocenters. The summed E-state index contributed by atoms with van der Waals surface area (Å²) >= 11 is 0.800. The minimum absolute atomic E-state index is 0.00589. The van der Waals surface area contributed by atoms with E-state index < -0.39 is 17.1 Å². The van der Waals surface area contributed by atoms with Gasteiger partial charge in [-0.15, -0.1) is 0 Å². The van der Waals surface area contributed by atoms with Crippen LogP contribution in [0, 0.1) is 0 Å². The first kappa shape index (κ1) is 22.8. The number of benzene rings is 1. The minimum Gasteiger partial charge on any atom is -0.490 e. The van der Waals surface area contributed by atoms with Crippen LogP contribution in [-0.2, 0) is 14.3 Å². The molecule has 8 heteroatoms. The Morgan fingerprint density at radius 2 is 1.97 bits per heavy atom. The zero-order valence-electron chi connectivity index (χ0n) is 17.2. The van der Waals surface area contributed by atoms with E-state index in [0.717, 1.165) is 29.5 Å². The van der Waals surface area contributed by atoms with E-state index >= 15 is 0 Å². The molecular formula is C21H27NO6S. The van der Waals surface area contributed by atoms with Gasteiger partial charge < -0.3 is 14.2 Å². The van der Waals surface area contributed by atoms with Gasteiger partial charge in [0.1, 0.15) is 6.54 Å². The normalized spacial score (nSPS) is 15.3. The van der Waals surface area contributed by atoms with E-state index in [1.165, 1.54) is 0 Å².